The fourth-order valence-corrected chi connectivity index (χ4v) is 3.43. The summed E-state index contributed by atoms with van der Waals surface area (Å²) in [4.78, 5) is 9.32. The summed E-state index contributed by atoms with van der Waals surface area (Å²) in [7, 11) is 0. The molecule has 0 bridgehead atoms. The molecule has 2 aliphatic heterocycles. The minimum atomic E-state index is 0.760. The number of fused-ring (bicyclic) bond motifs is 1. The van der Waals surface area contributed by atoms with E-state index in [1.54, 1.807) is 6.20 Å². The zero-order chi connectivity index (χ0) is 16.5. The van der Waals surface area contributed by atoms with Crippen molar-refractivity contribution in [1.29, 1.82) is 0 Å². The molecule has 126 valence electrons. The number of hydrogen-bond donors (Lipinski definition) is 1. The summed E-state index contributed by atoms with van der Waals surface area (Å²) >= 11 is 0. The van der Waals surface area contributed by atoms with Crippen LogP contribution in [-0.4, -0.2) is 42.7 Å². The zero-order valence-corrected chi connectivity index (χ0v) is 14.2. The molecule has 0 aliphatic carbocycles. The third-order valence-corrected chi connectivity index (χ3v) is 5.00. The number of nitrogen functional groups attached to an aromatic ring is 1. The van der Waals surface area contributed by atoms with Crippen LogP contribution in [0.5, 0.6) is 5.75 Å². The summed E-state index contributed by atoms with van der Waals surface area (Å²) in [5.74, 6) is 2.11. The van der Waals surface area contributed by atoms with Crippen LogP contribution >= 0.6 is 0 Å². The van der Waals surface area contributed by atoms with Gasteiger partial charge in [-0.2, -0.15) is 0 Å². The summed E-state index contributed by atoms with van der Waals surface area (Å²) in [6.07, 6.45) is 2.81. The molecule has 0 spiro atoms. The van der Waals surface area contributed by atoms with E-state index in [1.807, 2.05) is 6.92 Å². The molecule has 1 aromatic carbocycles. The Balaban J connectivity index is 1.36. The van der Waals surface area contributed by atoms with E-state index in [9.17, 15) is 0 Å². The molecule has 24 heavy (non-hydrogen) atoms. The molecule has 2 aliphatic rings. The number of ether oxygens (including phenoxy) is 1. The number of aromatic nitrogens is 1. The maximum Gasteiger partial charge on any atom is 0.128 e. The van der Waals surface area contributed by atoms with Crippen molar-refractivity contribution < 1.29 is 4.74 Å². The molecule has 1 saturated heterocycles. The fraction of sp³-hybridized carbons (Fsp3) is 0.421. The van der Waals surface area contributed by atoms with E-state index in [0.717, 1.165) is 68.6 Å². The minimum Gasteiger partial charge on any atom is -0.493 e. The molecular formula is C19H24N4O. The number of hydrogen-bond acceptors (Lipinski definition) is 5. The van der Waals surface area contributed by atoms with Gasteiger partial charge in [-0.1, -0.05) is 12.1 Å². The first-order valence-corrected chi connectivity index (χ1v) is 8.63. The van der Waals surface area contributed by atoms with E-state index in [4.69, 9.17) is 10.5 Å². The fourth-order valence-electron chi connectivity index (χ4n) is 3.43. The quantitative estimate of drug-likeness (QED) is 0.938. The van der Waals surface area contributed by atoms with Crippen LogP contribution in [0.3, 0.4) is 0 Å². The summed E-state index contributed by atoms with van der Waals surface area (Å²) in [5, 5.41) is 0. The standard InChI is InChI=1S/C19H24N4O/c1-14-10-19(21-12-17(14)20)23-7-5-22(6-8-23)13-15-2-3-16-4-9-24-18(16)11-15/h2-3,10-12H,4-9,13,20H2,1H3. The number of nitrogens with zero attached hydrogens (tertiary/aromatic N) is 3. The number of benzene rings is 1. The van der Waals surface area contributed by atoms with Crippen molar-refractivity contribution in [3.05, 3.63) is 47.2 Å². The Morgan fingerprint density at radius 3 is 2.79 bits per heavy atom. The number of anilines is 2. The van der Waals surface area contributed by atoms with Crippen LogP contribution in [0, 0.1) is 6.92 Å². The molecule has 2 N–H and O–H groups in total. The third kappa shape index (κ3) is 3.04. The molecule has 0 atom stereocenters. The third-order valence-electron chi connectivity index (χ3n) is 5.00. The predicted molar refractivity (Wildman–Crippen MR) is 96.5 cm³/mol. The second-order valence-electron chi connectivity index (χ2n) is 6.70. The average Bonchev–Trinajstić information content (AvgIpc) is 3.06. The van der Waals surface area contributed by atoms with Crippen molar-refractivity contribution in [3.8, 4) is 5.75 Å². The molecule has 0 saturated carbocycles. The first kappa shape index (κ1) is 15.3. The van der Waals surface area contributed by atoms with E-state index in [2.05, 4.69) is 39.0 Å². The summed E-state index contributed by atoms with van der Waals surface area (Å²) < 4.78 is 5.68. The smallest absolute Gasteiger partial charge is 0.128 e. The average molecular weight is 324 g/mol. The molecule has 0 radical (unpaired) electrons. The van der Waals surface area contributed by atoms with Gasteiger partial charge in [0.2, 0.25) is 0 Å². The van der Waals surface area contributed by atoms with Gasteiger partial charge in [0.05, 0.1) is 18.5 Å². The summed E-state index contributed by atoms with van der Waals surface area (Å²) in [6, 6.07) is 8.75. The predicted octanol–water partition coefficient (Wildman–Crippen LogP) is 2.23. The molecule has 0 unspecified atom stereocenters. The number of pyridine rings is 1. The first-order chi connectivity index (χ1) is 11.7. The van der Waals surface area contributed by atoms with E-state index in [1.165, 1.54) is 11.1 Å². The highest BCUT2D eigenvalue weighted by atomic mass is 16.5. The van der Waals surface area contributed by atoms with E-state index in [-0.39, 0.29) is 0 Å². The Hall–Kier alpha value is -2.27. The maximum absolute atomic E-state index is 5.87. The van der Waals surface area contributed by atoms with Crippen molar-refractivity contribution in [2.75, 3.05) is 43.4 Å². The minimum absolute atomic E-state index is 0.760. The highest BCUT2D eigenvalue weighted by Gasteiger charge is 2.19. The Bertz CT molecular complexity index is 738. The largest absolute Gasteiger partial charge is 0.493 e. The van der Waals surface area contributed by atoms with Crippen molar-refractivity contribution in [1.82, 2.24) is 9.88 Å². The van der Waals surface area contributed by atoms with Crippen LogP contribution in [0.4, 0.5) is 11.5 Å². The van der Waals surface area contributed by atoms with Gasteiger partial charge < -0.3 is 15.4 Å². The van der Waals surface area contributed by atoms with Gasteiger partial charge >= 0.3 is 0 Å². The van der Waals surface area contributed by atoms with Crippen molar-refractivity contribution in [2.24, 2.45) is 0 Å². The molecule has 2 aromatic rings. The van der Waals surface area contributed by atoms with Gasteiger partial charge in [-0.15, -0.1) is 0 Å². The molecule has 3 heterocycles. The molecule has 5 heteroatoms. The number of piperazine rings is 1. The number of rotatable bonds is 3. The number of nitrogens with two attached hydrogens (primary N) is 1. The number of aryl methyl sites for hydroxylation is 1. The Labute approximate surface area is 143 Å². The van der Waals surface area contributed by atoms with Gasteiger partial charge in [0.1, 0.15) is 11.6 Å². The van der Waals surface area contributed by atoms with E-state index in [0.29, 0.717) is 0 Å². The molecule has 0 amide bonds. The highest BCUT2D eigenvalue weighted by Crippen LogP contribution is 2.27. The summed E-state index contributed by atoms with van der Waals surface area (Å²) in [6.45, 7) is 7.93. The molecule has 1 fully saturated rings. The topological polar surface area (TPSA) is 54.6 Å². The Morgan fingerprint density at radius 2 is 2.00 bits per heavy atom. The second-order valence-corrected chi connectivity index (χ2v) is 6.70. The molecule has 5 nitrogen and oxygen atoms in total. The van der Waals surface area contributed by atoms with Crippen molar-refractivity contribution in [3.63, 3.8) is 0 Å². The lowest BCUT2D eigenvalue weighted by molar-refractivity contribution is 0.249. The van der Waals surface area contributed by atoms with Crippen LogP contribution in [-0.2, 0) is 13.0 Å². The summed E-state index contributed by atoms with van der Waals surface area (Å²) in [5.41, 5.74) is 10.4. The maximum atomic E-state index is 5.87. The lowest BCUT2D eigenvalue weighted by atomic mass is 10.1. The zero-order valence-electron chi connectivity index (χ0n) is 14.2. The van der Waals surface area contributed by atoms with Gasteiger partial charge in [-0.3, -0.25) is 4.90 Å². The van der Waals surface area contributed by atoms with Gasteiger partial charge in [-0.05, 0) is 35.7 Å². The van der Waals surface area contributed by atoms with Crippen LogP contribution < -0.4 is 15.4 Å². The first-order valence-electron chi connectivity index (χ1n) is 8.63. The van der Waals surface area contributed by atoms with Crippen LogP contribution in [0.15, 0.2) is 30.5 Å². The SMILES string of the molecule is Cc1cc(N2CCN(Cc3ccc4c(c3)OCC4)CC2)ncc1N. The van der Waals surface area contributed by atoms with Gasteiger partial charge in [0, 0.05) is 39.1 Å². The van der Waals surface area contributed by atoms with E-state index < -0.39 is 0 Å². The Morgan fingerprint density at radius 1 is 1.17 bits per heavy atom. The van der Waals surface area contributed by atoms with Crippen LogP contribution in [0.2, 0.25) is 0 Å². The molecule has 1 aromatic heterocycles. The van der Waals surface area contributed by atoms with Gasteiger partial charge in [0.15, 0.2) is 0 Å². The molecular weight excluding hydrogens is 300 g/mol. The normalized spacial score (nSPS) is 17.6. The monoisotopic (exact) mass is 324 g/mol. The lowest BCUT2D eigenvalue weighted by Crippen LogP contribution is -2.46. The van der Waals surface area contributed by atoms with Crippen molar-refractivity contribution in [2.45, 2.75) is 19.9 Å². The Kier molecular flexibility index (Phi) is 4.02. The van der Waals surface area contributed by atoms with Crippen molar-refractivity contribution >= 4 is 11.5 Å². The van der Waals surface area contributed by atoms with Gasteiger partial charge in [-0.25, -0.2) is 4.98 Å². The van der Waals surface area contributed by atoms with E-state index >= 15 is 0 Å². The van der Waals surface area contributed by atoms with Gasteiger partial charge in [0.25, 0.3) is 0 Å². The van der Waals surface area contributed by atoms with Crippen LogP contribution in [0.25, 0.3) is 0 Å². The van der Waals surface area contributed by atoms with Crippen LogP contribution in [0.1, 0.15) is 16.7 Å². The highest BCUT2D eigenvalue weighted by molar-refractivity contribution is 5.52. The second kappa shape index (κ2) is 6.32. The molecule has 4 rings (SSSR count). The lowest BCUT2D eigenvalue weighted by Gasteiger charge is -2.35.